The van der Waals surface area contributed by atoms with Crippen molar-refractivity contribution in [3.05, 3.63) is 24.3 Å². The van der Waals surface area contributed by atoms with Crippen molar-refractivity contribution in [3.8, 4) is 5.75 Å². The lowest BCUT2D eigenvalue weighted by molar-refractivity contribution is -0.130. The minimum atomic E-state index is -0.112. The van der Waals surface area contributed by atoms with Crippen molar-refractivity contribution >= 4 is 29.9 Å². The molecule has 1 aromatic rings. The van der Waals surface area contributed by atoms with E-state index in [2.05, 4.69) is 10.6 Å². The summed E-state index contributed by atoms with van der Waals surface area (Å²) in [6.45, 7) is 1.19. The molecule has 0 aromatic heterocycles. The van der Waals surface area contributed by atoms with Gasteiger partial charge in [0, 0.05) is 25.8 Å². The monoisotopic (exact) mass is 341 g/mol. The molecule has 2 amide bonds. The second-order valence-electron chi connectivity index (χ2n) is 5.73. The van der Waals surface area contributed by atoms with E-state index in [1.165, 1.54) is 17.7 Å². The zero-order valence-electron chi connectivity index (χ0n) is 13.5. The maximum Gasteiger partial charge on any atom is 0.259 e. The van der Waals surface area contributed by atoms with Crippen molar-refractivity contribution in [2.45, 2.75) is 12.8 Å². The average molecular weight is 342 g/mol. The fourth-order valence-corrected chi connectivity index (χ4v) is 1.85. The van der Waals surface area contributed by atoms with E-state index in [4.69, 9.17) is 4.74 Å². The minimum Gasteiger partial charge on any atom is -0.484 e. The zero-order chi connectivity index (χ0) is 15.9. The smallest absolute Gasteiger partial charge is 0.259 e. The van der Waals surface area contributed by atoms with E-state index in [1.807, 2.05) is 0 Å². The Hall–Kier alpha value is -1.79. The molecule has 6 nitrogen and oxygen atoms in total. The molecule has 0 aliphatic heterocycles. The lowest BCUT2D eigenvalue weighted by Crippen LogP contribution is -2.29. The number of benzene rings is 1. The lowest BCUT2D eigenvalue weighted by Gasteiger charge is -2.12. The molecule has 1 saturated carbocycles. The number of amides is 2. The molecule has 0 spiro atoms. The van der Waals surface area contributed by atoms with Crippen molar-refractivity contribution < 1.29 is 14.3 Å². The summed E-state index contributed by atoms with van der Waals surface area (Å²) in [5.41, 5.74) is 0.660. The molecule has 23 heavy (non-hydrogen) atoms. The molecule has 2 rings (SSSR count). The second-order valence-corrected chi connectivity index (χ2v) is 5.73. The highest BCUT2D eigenvalue weighted by Crippen LogP contribution is 2.27. The molecule has 0 atom stereocenters. The summed E-state index contributed by atoms with van der Waals surface area (Å²) in [7, 11) is 3.36. The third kappa shape index (κ3) is 7.34. The van der Waals surface area contributed by atoms with Gasteiger partial charge in [0.25, 0.3) is 5.91 Å². The first kappa shape index (κ1) is 19.3. The normalized spacial score (nSPS) is 13.0. The van der Waals surface area contributed by atoms with Gasteiger partial charge in [0.2, 0.25) is 5.91 Å². The molecule has 0 bridgehead atoms. The van der Waals surface area contributed by atoms with Crippen LogP contribution in [0.15, 0.2) is 24.3 Å². The third-order valence-electron chi connectivity index (χ3n) is 3.39. The fraction of sp³-hybridized carbons (Fsp3) is 0.500. The number of anilines is 1. The van der Waals surface area contributed by atoms with E-state index in [-0.39, 0.29) is 30.8 Å². The zero-order valence-corrected chi connectivity index (χ0v) is 14.3. The number of ether oxygens (including phenoxy) is 1. The standard InChI is InChI=1S/C16H23N3O3.ClH/c1-19(2)16(21)11-22-14-5-3-4-13(8-14)18-15(20)10-17-9-12-6-7-12;/h3-5,8,12,17H,6-7,9-11H2,1-2H3,(H,18,20);1H. The predicted molar refractivity (Wildman–Crippen MR) is 92.1 cm³/mol. The van der Waals surface area contributed by atoms with Gasteiger partial charge >= 0.3 is 0 Å². The molecule has 0 heterocycles. The quantitative estimate of drug-likeness (QED) is 0.752. The number of nitrogens with one attached hydrogen (secondary N) is 2. The Morgan fingerprint density at radius 1 is 1.30 bits per heavy atom. The first-order valence-corrected chi connectivity index (χ1v) is 7.48. The van der Waals surface area contributed by atoms with Crippen LogP contribution in [0.3, 0.4) is 0 Å². The van der Waals surface area contributed by atoms with Gasteiger partial charge < -0.3 is 20.3 Å². The fourth-order valence-electron chi connectivity index (χ4n) is 1.85. The number of nitrogens with zero attached hydrogens (tertiary/aromatic N) is 1. The molecule has 128 valence electrons. The summed E-state index contributed by atoms with van der Waals surface area (Å²) in [5, 5.41) is 5.95. The van der Waals surface area contributed by atoms with E-state index in [1.54, 1.807) is 38.4 Å². The number of rotatable bonds is 8. The lowest BCUT2D eigenvalue weighted by atomic mass is 10.3. The van der Waals surface area contributed by atoms with Gasteiger partial charge in [-0.05, 0) is 37.4 Å². The van der Waals surface area contributed by atoms with E-state index < -0.39 is 0 Å². The molecular formula is C16H24ClN3O3. The highest BCUT2D eigenvalue weighted by Gasteiger charge is 2.20. The van der Waals surface area contributed by atoms with Gasteiger partial charge in [-0.15, -0.1) is 12.4 Å². The maximum absolute atomic E-state index is 11.8. The van der Waals surface area contributed by atoms with Crippen molar-refractivity contribution in [3.63, 3.8) is 0 Å². The summed E-state index contributed by atoms with van der Waals surface area (Å²) >= 11 is 0. The van der Waals surface area contributed by atoms with Crippen LogP contribution in [0.1, 0.15) is 12.8 Å². The van der Waals surface area contributed by atoms with Crippen LogP contribution in [0, 0.1) is 5.92 Å². The van der Waals surface area contributed by atoms with Gasteiger partial charge in [0.1, 0.15) is 5.75 Å². The van der Waals surface area contributed by atoms with Gasteiger partial charge in [-0.2, -0.15) is 0 Å². The van der Waals surface area contributed by atoms with Crippen molar-refractivity contribution in [2.75, 3.05) is 39.1 Å². The van der Waals surface area contributed by atoms with E-state index in [0.717, 1.165) is 12.5 Å². The highest BCUT2D eigenvalue weighted by atomic mass is 35.5. The summed E-state index contributed by atoms with van der Waals surface area (Å²) in [6, 6.07) is 7.04. The summed E-state index contributed by atoms with van der Waals surface area (Å²) in [4.78, 5) is 24.8. The van der Waals surface area contributed by atoms with Crippen LogP contribution in [0.4, 0.5) is 5.69 Å². The summed E-state index contributed by atoms with van der Waals surface area (Å²) < 4.78 is 5.41. The van der Waals surface area contributed by atoms with Crippen LogP contribution in [0.25, 0.3) is 0 Å². The van der Waals surface area contributed by atoms with Crippen LogP contribution < -0.4 is 15.4 Å². The minimum absolute atomic E-state index is 0. The van der Waals surface area contributed by atoms with Gasteiger partial charge in [-0.25, -0.2) is 0 Å². The largest absolute Gasteiger partial charge is 0.484 e. The molecule has 0 radical (unpaired) electrons. The highest BCUT2D eigenvalue weighted by molar-refractivity contribution is 5.92. The number of carbonyl (C=O) groups excluding carboxylic acids is 2. The van der Waals surface area contributed by atoms with E-state index in [0.29, 0.717) is 18.0 Å². The van der Waals surface area contributed by atoms with Crippen LogP contribution in [0.2, 0.25) is 0 Å². The molecule has 7 heteroatoms. The Bertz CT molecular complexity index is 533. The molecule has 1 aliphatic carbocycles. The number of likely N-dealkylation sites (N-methyl/N-ethyl adjacent to an activating group) is 1. The van der Waals surface area contributed by atoms with E-state index >= 15 is 0 Å². The van der Waals surface area contributed by atoms with Crippen molar-refractivity contribution in [1.82, 2.24) is 10.2 Å². The Morgan fingerprint density at radius 2 is 2.04 bits per heavy atom. The Kier molecular flexibility index (Phi) is 7.85. The topological polar surface area (TPSA) is 70.7 Å². The molecule has 0 saturated heterocycles. The van der Waals surface area contributed by atoms with Gasteiger partial charge in [0.05, 0.1) is 6.54 Å². The van der Waals surface area contributed by atoms with Crippen LogP contribution in [0.5, 0.6) is 5.75 Å². The van der Waals surface area contributed by atoms with Crippen LogP contribution >= 0.6 is 12.4 Å². The maximum atomic E-state index is 11.8. The van der Waals surface area contributed by atoms with Gasteiger partial charge in [0.15, 0.2) is 6.61 Å². The number of carbonyl (C=O) groups is 2. The van der Waals surface area contributed by atoms with Gasteiger partial charge in [-0.1, -0.05) is 6.07 Å². The first-order chi connectivity index (χ1) is 10.5. The van der Waals surface area contributed by atoms with Crippen LogP contribution in [-0.2, 0) is 9.59 Å². The Morgan fingerprint density at radius 3 is 2.70 bits per heavy atom. The van der Waals surface area contributed by atoms with Crippen LogP contribution in [-0.4, -0.2) is 50.5 Å². The Labute approximate surface area is 143 Å². The number of hydrogen-bond acceptors (Lipinski definition) is 4. The molecule has 1 aromatic carbocycles. The summed E-state index contributed by atoms with van der Waals surface area (Å²) in [6.07, 6.45) is 2.53. The first-order valence-electron chi connectivity index (χ1n) is 7.48. The third-order valence-corrected chi connectivity index (χ3v) is 3.39. The predicted octanol–water partition coefficient (Wildman–Crippen LogP) is 1.51. The number of halogens is 1. The Balaban J connectivity index is 0.00000264. The second kappa shape index (κ2) is 9.37. The number of hydrogen-bond donors (Lipinski definition) is 2. The average Bonchev–Trinajstić information content (AvgIpc) is 3.29. The van der Waals surface area contributed by atoms with Gasteiger partial charge in [-0.3, -0.25) is 9.59 Å². The van der Waals surface area contributed by atoms with Crippen molar-refractivity contribution in [1.29, 1.82) is 0 Å². The molecule has 1 aliphatic rings. The molecular weight excluding hydrogens is 318 g/mol. The molecule has 2 N–H and O–H groups in total. The van der Waals surface area contributed by atoms with E-state index in [9.17, 15) is 9.59 Å². The SMILES string of the molecule is CN(C)C(=O)COc1cccc(NC(=O)CNCC2CC2)c1.Cl. The summed E-state index contributed by atoms with van der Waals surface area (Å²) in [5.74, 6) is 1.11. The molecule has 0 unspecified atom stereocenters. The van der Waals surface area contributed by atoms with Crippen molar-refractivity contribution in [2.24, 2.45) is 5.92 Å². The molecule has 1 fully saturated rings.